The van der Waals surface area contributed by atoms with Crippen LogP contribution >= 0.6 is 11.6 Å². The Balaban J connectivity index is 1.89. The van der Waals surface area contributed by atoms with Crippen LogP contribution in [0.3, 0.4) is 0 Å². The van der Waals surface area contributed by atoms with Crippen molar-refractivity contribution in [3.8, 4) is 11.5 Å². The molecule has 0 radical (unpaired) electrons. The summed E-state index contributed by atoms with van der Waals surface area (Å²) in [6, 6.07) is 3.09. The van der Waals surface area contributed by atoms with Crippen molar-refractivity contribution < 1.29 is 22.7 Å². The summed E-state index contributed by atoms with van der Waals surface area (Å²) in [5.41, 5.74) is 0.366. The maximum absolute atomic E-state index is 12.0. The van der Waals surface area contributed by atoms with Crippen LogP contribution in [0.5, 0.6) is 11.5 Å². The number of benzene rings is 1. The summed E-state index contributed by atoms with van der Waals surface area (Å²) >= 11 is 6.06. The van der Waals surface area contributed by atoms with Gasteiger partial charge in [-0.05, 0) is 18.6 Å². The Morgan fingerprint density at radius 1 is 1.27 bits per heavy atom. The van der Waals surface area contributed by atoms with E-state index in [1.165, 1.54) is 6.07 Å². The van der Waals surface area contributed by atoms with Crippen molar-refractivity contribution in [1.29, 1.82) is 0 Å². The lowest BCUT2D eigenvalue weighted by Crippen LogP contribution is -2.29. The fraction of sp³-hybridized carbons (Fsp3) is 0.462. The Kier molecular flexibility index (Phi) is 5.49. The minimum atomic E-state index is -3.20. The summed E-state index contributed by atoms with van der Waals surface area (Å²) in [6.45, 7) is 1.44. The van der Waals surface area contributed by atoms with Gasteiger partial charge in [0.05, 0.1) is 11.3 Å². The lowest BCUT2D eigenvalue weighted by Gasteiger charge is -2.20. The van der Waals surface area contributed by atoms with E-state index in [0.29, 0.717) is 48.3 Å². The molecule has 7 nitrogen and oxygen atoms in total. The molecule has 122 valence electrons. The number of ether oxygens (including phenoxy) is 2. The Morgan fingerprint density at radius 3 is 2.73 bits per heavy atom. The first-order valence-electron chi connectivity index (χ1n) is 6.69. The summed E-state index contributed by atoms with van der Waals surface area (Å²) in [5.74, 6) is 0.586. The molecule has 0 atom stereocenters. The Morgan fingerprint density at radius 2 is 2.00 bits per heavy atom. The van der Waals surface area contributed by atoms with Crippen molar-refractivity contribution in [2.75, 3.05) is 32.6 Å². The first-order chi connectivity index (χ1) is 10.4. The number of fused-ring (bicyclic) bond motifs is 1. The van der Waals surface area contributed by atoms with E-state index < -0.39 is 10.0 Å². The number of hydrogen-bond donors (Lipinski definition) is 2. The quantitative estimate of drug-likeness (QED) is 0.741. The molecule has 0 saturated carbocycles. The summed E-state index contributed by atoms with van der Waals surface area (Å²) < 4.78 is 34.9. The van der Waals surface area contributed by atoms with Crippen LogP contribution < -0.4 is 19.5 Å². The van der Waals surface area contributed by atoms with Gasteiger partial charge in [0, 0.05) is 18.7 Å². The molecule has 0 aliphatic carbocycles. The van der Waals surface area contributed by atoms with E-state index in [1.807, 2.05) is 0 Å². The third-order valence-electron chi connectivity index (χ3n) is 2.86. The van der Waals surface area contributed by atoms with Crippen molar-refractivity contribution in [3.63, 3.8) is 0 Å². The molecule has 2 rings (SSSR count). The second-order valence-electron chi connectivity index (χ2n) is 4.76. The number of halogens is 1. The molecule has 0 bridgehead atoms. The van der Waals surface area contributed by atoms with Crippen LogP contribution in [0.4, 0.5) is 0 Å². The molecule has 0 unspecified atom stereocenters. The monoisotopic (exact) mass is 348 g/mol. The number of carbonyl (C=O) groups excluding carboxylic acids is 1. The predicted molar refractivity (Wildman–Crippen MR) is 82.2 cm³/mol. The van der Waals surface area contributed by atoms with Crippen LogP contribution in [-0.4, -0.2) is 46.9 Å². The number of rotatable bonds is 6. The van der Waals surface area contributed by atoms with Gasteiger partial charge in [-0.3, -0.25) is 4.79 Å². The molecule has 0 aromatic heterocycles. The van der Waals surface area contributed by atoms with Crippen molar-refractivity contribution in [2.45, 2.75) is 6.42 Å². The maximum Gasteiger partial charge on any atom is 0.251 e. The molecule has 2 N–H and O–H groups in total. The molecule has 9 heteroatoms. The van der Waals surface area contributed by atoms with Gasteiger partial charge in [-0.1, -0.05) is 11.6 Å². The molecule has 1 aromatic rings. The predicted octanol–water partition coefficient (Wildman–Crippen LogP) is 0.780. The maximum atomic E-state index is 12.0. The third kappa shape index (κ3) is 4.75. The minimum absolute atomic E-state index is 0.265. The zero-order valence-corrected chi connectivity index (χ0v) is 13.6. The van der Waals surface area contributed by atoms with Gasteiger partial charge in [0.1, 0.15) is 13.2 Å². The van der Waals surface area contributed by atoms with Gasteiger partial charge in [-0.25, -0.2) is 13.1 Å². The molecule has 1 aliphatic rings. The van der Waals surface area contributed by atoms with Gasteiger partial charge in [0.15, 0.2) is 11.5 Å². The fourth-order valence-electron chi connectivity index (χ4n) is 1.89. The van der Waals surface area contributed by atoms with Gasteiger partial charge >= 0.3 is 0 Å². The molecular weight excluding hydrogens is 332 g/mol. The second-order valence-corrected chi connectivity index (χ2v) is 7.00. The zero-order valence-electron chi connectivity index (χ0n) is 12.0. The van der Waals surface area contributed by atoms with Gasteiger partial charge in [-0.15, -0.1) is 0 Å². The first-order valence-corrected chi connectivity index (χ1v) is 8.96. The van der Waals surface area contributed by atoms with Crippen molar-refractivity contribution in [1.82, 2.24) is 10.0 Å². The summed E-state index contributed by atoms with van der Waals surface area (Å²) in [6.07, 6.45) is 1.57. The SMILES string of the molecule is CS(=O)(=O)NCCCNC(=O)c1cc(Cl)c2c(c1)OCCO2. The number of sulfonamides is 1. The largest absolute Gasteiger partial charge is 0.486 e. The van der Waals surface area contributed by atoms with Gasteiger partial charge in [0.2, 0.25) is 10.0 Å². The Labute approximate surface area is 134 Å². The summed E-state index contributed by atoms with van der Waals surface area (Å²) in [4.78, 5) is 12.0. The lowest BCUT2D eigenvalue weighted by atomic mass is 10.1. The van der Waals surface area contributed by atoms with Gasteiger partial charge < -0.3 is 14.8 Å². The number of nitrogens with one attached hydrogen (secondary N) is 2. The van der Waals surface area contributed by atoms with Crippen LogP contribution in [-0.2, 0) is 10.0 Å². The van der Waals surface area contributed by atoms with Crippen LogP contribution in [0.15, 0.2) is 12.1 Å². The van der Waals surface area contributed by atoms with Gasteiger partial charge in [-0.2, -0.15) is 0 Å². The molecule has 1 amide bonds. The van der Waals surface area contributed by atoms with Crippen LogP contribution in [0.1, 0.15) is 16.8 Å². The van der Waals surface area contributed by atoms with E-state index in [2.05, 4.69) is 10.0 Å². The van der Waals surface area contributed by atoms with Gasteiger partial charge in [0.25, 0.3) is 5.91 Å². The number of hydrogen-bond acceptors (Lipinski definition) is 5. The van der Waals surface area contributed by atoms with E-state index in [1.54, 1.807) is 6.07 Å². The molecule has 1 heterocycles. The lowest BCUT2D eigenvalue weighted by molar-refractivity contribution is 0.0952. The Hall–Kier alpha value is -1.51. The van der Waals surface area contributed by atoms with Crippen molar-refractivity contribution >= 4 is 27.5 Å². The van der Waals surface area contributed by atoms with E-state index in [9.17, 15) is 13.2 Å². The normalized spacial score (nSPS) is 13.7. The molecule has 1 aliphatic heterocycles. The van der Waals surface area contributed by atoms with E-state index in [4.69, 9.17) is 21.1 Å². The molecule has 0 saturated heterocycles. The van der Waals surface area contributed by atoms with Crippen LogP contribution in [0, 0.1) is 0 Å². The second kappa shape index (κ2) is 7.17. The Bertz CT molecular complexity index is 663. The minimum Gasteiger partial charge on any atom is -0.486 e. The number of amides is 1. The molecule has 0 spiro atoms. The van der Waals surface area contributed by atoms with Crippen LogP contribution in [0.2, 0.25) is 5.02 Å². The van der Waals surface area contributed by atoms with Crippen LogP contribution in [0.25, 0.3) is 0 Å². The highest BCUT2D eigenvalue weighted by molar-refractivity contribution is 7.88. The first kappa shape index (κ1) is 16.9. The van der Waals surface area contributed by atoms with E-state index in [-0.39, 0.29) is 12.5 Å². The molecular formula is C13H17ClN2O5S. The highest BCUT2D eigenvalue weighted by atomic mass is 35.5. The highest BCUT2D eigenvalue weighted by Gasteiger charge is 2.19. The summed E-state index contributed by atoms with van der Waals surface area (Å²) in [7, 11) is -3.20. The number of carbonyl (C=O) groups is 1. The topological polar surface area (TPSA) is 93.7 Å². The van der Waals surface area contributed by atoms with Crippen molar-refractivity contribution in [3.05, 3.63) is 22.7 Å². The average Bonchev–Trinajstić information content (AvgIpc) is 2.45. The highest BCUT2D eigenvalue weighted by Crippen LogP contribution is 2.38. The third-order valence-corrected chi connectivity index (χ3v) is 3.87. The van der Waals surface area contributed by atoms with E-state index >= 15 is 0 Å². The zero-order chi connectivity index (χ0) is 16.2. The van der Waals surface area contributed by atoms with Crippen molar-refractivity contribution in [2.24, 2.45) is 0 Å². The van der Waals surface area contributed by atoms with E-state index in [0.717, 1.165) is 6.26 Å². The summed E-state index contributed by atoms with van der Waals surface area (Å²) in [5, 5.41) is 3.01. The smallest absolute Gasteiger partial charge is 0.251 e. The molecule has 0 fully saturated rings. The molecule has 22 heavy (non-hydrogen) atoms. The average molecular weight is 349 g/mol. The standard InChI is InChI=1S/C13H17ClN2O5S/c1-22(18,19)16-4-2-3-15-13(17)9-7-10(14)12-11(8-9)20-5-6-21-12/h7-8,16H,2-6H2,1H3,(H,15,17). The fourth-order valence-corrected chi connectivity index (χ4v) is 2.67. The molecule has 1 aromatic carbocycles.